The number of fused-ring (bicyclic) bond motifs is 1. The first-order chi connectivity index (χ1) is 18.0. The van der Waals surface area contributed by atoms with Crippen LogP contribution in [0.25, 0.3) is 11.1 Å². The Bertz CT molecular complexity index is 1390. The van der Waals surface area contributed by atoms with Gasteiger partial charge in [-0.2, -0.15) is 10.1 Å². The minimum absolute atomic E-state index is 0.0453. The van der Waals surface area contributed by atoms with Crippen LogP contribution in [0.3, 0.4) is 0 Å². The lowest BCUT2D eigenvalue weighted by Crippen LogP contribution is -2.47. The molecule has 2 aliphatic heterocycles. The molecule has 1 aromatic carbocycles. The zero-order valence-electron chi connectivity index (χ0n) is 20.6. The lowest BCUT2D eigenvalue weighted by molar-refractivity contribution is 0.0946. The third-order valence-corrected chi connectivity index (χ3v) is 7.38. The van der Waals surface area contributed by atoms with Crippen molar-refractivity contribution in [3.8, 4) is 11.1 Å². The second kappa shape index (κ2) is 9.45. The van der Waals surface area contributed by atoms with Crippen LogP contribution in [0.4, 0.5) is 17.5 Å². The van der Waals surface area contributed by atoms with Crippen molar-refractivity contribution in [1.82, 2.24) is 30.4 Å². The van der Waals surface area contributed by atoms with Crippen LogP contribution in [-0.2, 0) is 6.42 Å². The summed E-state index contributed by atoms with van der Waals surface area (Å²) in [6.07, 6.45) is 13.9. The van der Waals surface area contributed by atoms with E-state index in [-0.39, 0.29) is 5.91 Å². The highest BCUT2D eigenvalue weighted by atomic mass is 16.3. The molecule has 5 N–H and O–H groups in total. The molecule has 4 heterocycles. The number of aromatic nitrogens is 4. The van der Waals surface area contributed by atoms with E-state index in [4.69, 9.17) is 4.98 Å². The topological polar surface area (TPSA) is 129 Å². The van der Waals surface area contributed by atoms with Crippen molar-refractivity contribution in [2.45, 2.75) is 37.5 Å². The maximum Gasteiger partial charge on any atom is 0.251 e. The highest BCUT2D eigenvalue weighted by Crippen LogP contribution is 2.34. The van der Waals surface area contributed by atoms with Crippen LogP contribution in [0, 0.1) is 0 Å². The molecule has 3 aromatic rings. The summed E-state index contributed by atoms with van der Waals surface area (Å²) < 4.78 is 1.97. The van der Waals surface area contributed by atoms with Gasteiger partial charge in [0.1, 0.15) is 5.82 Å². The van der Waals surface area contributed by atoms with Crippen molar-refractivity contribution in [3.63, 3.8) is 0 Å². The summed E-state index contributed by atoms with van der Waals surface area (Å²) in [7, 11) is 0. The van der Waals surface area contributed by atoms with Gasteiger partial charge in [-0.25, -0.2) is 4.98 Å². The fourth-order valence-corrected chi connectivity index (χ4v) is 4.94. The Morgan fingerprint density at radius 3 is 2.89 bits per heavy atom. The van der Waals surface area contributed by atoms with Crippen LogP contribution in [0.15, 0.2) is 61.1 Å². The second-order valence-electron chi connectivity index (χ2n) is 9.69. The summed E-state index contributed by atoms with van der Waals surface area (Å²) in [6, 6.07) is 6.00. The van der Waals surface area contributed by atoms with Gasteiger partial charge in [0.2, 0.25) is 5.95 Å². The Kier molecular flexibility index (Phi) is 5.97. The number of nitrogens with zero attached hydrogens (tertiary/aromatic N) is 4. The minimum atomic E-state index is -0.711. The van der Waals surface area contributed by atoms with Gasteiger partial charge in [0.15, 0.2) is 0 Å². The van der Waals surface area contributed by atoms with Crippen LogP contribution >= 0.6 is 0 Å². The van der Waals surface area contributed by atoms with Crippen LogP contribution in [0.1, 0.15) is 35.3 Å². The van der Waals surface area contributed by atoms with E-state index in [2.05, 4.69) is 31.3 Å². The van der Waals surface area contributed by atoms with E-state index in [1.54, 1.807) is 12.3 Å². The maximum atomic E-state index is 12.1. The summed E-state index contributed by atoms with van der Waals surface area (Å²) >= 11 is 0. The zero-order chi connectivity index (χ0) is 25.4. The van der Waals surface area contributed by atoms with Crippen LogP contribution in [0.2, 0.25) is 0 Å². The first kappa shape index (κ1) is 23.4. The Labute approximate surface area is 214 Å². The standard InChI is InChI=1S/C27H30N8O2/c1-2-27(9-4-3-5-23(27)36)34-24-22(18-12-31-35(16-18)20-13-28-14-20)15-30-26(33-24)32-19-6-7-21-17(11-19)8-10-29-25(21)37/h3-7,9,11-12,15-16,20,23,28,36H,2,8,10,13-14H2,1H3,(H,29,37)(H2,30,32,33,34)/t23?,27-/m0/s1. The van der Waals surface area contributed by atoms with Gasteiger partial charge >= 0.3 is 0 Å². The first-order valence-corrected chi connectivity index (χ1v) is 12.7. The third kappa shape index (κ3) is 4.38. The summed E-state index contributed by atoms with van der Waals surface area (Å²) in [4.78, 5) is 21.6. The van der Waals surface area contributed by atoms with Gasteiger partial charge in [0, 0.05) is 54.4 Å². The van der Waals surface area contributed by atoms with Crippen molar-refractivity contribution in [2.75, 3.05) is 30.3 Å². The number of allylic oxidation sites excluding steroid dienone is 2. The number of aliphatic hydroxyl groups is 1. The molecule has 6 rings (SSSR count). The molecule has 0 spiro atoms. The van der Waals surface area contributed by atoms with Crippen molar-refractivity contribution in [2.24, 2.45) is 0 Å². The molecule has 0 radical (unpaired) electrons. The highest BCUT2D eigenvalue weighted by Gasteiger charge is 2.35. The maximum absolute atomic E-state index is 12.1. The fourth-order valence-electron chi connectivity index (χ4n) is 4.94. The number of anilines is 3. The van der Waals surface area contributed by atoms with Crippen LogP contribution in [0.5, 0.6) is 0 Å². The number of rotatable bonds is 7. The Balaban J connectivity index is 1.35. The van der Waals surface area contributed by atoms with Crippen LogP contribution < -0.4 is 21.3 Å². The first-order valence-electron chi connectivity index (χ1n) is 12.7. The molecular weight excluding hydrogens is 468 g/mol. The Morgan fingerprint density at radius 1 is 1.22 bits per heavy atom. The molecule has 10 heteroatoms. The van der Waals surface area contributed by atoms with E-state index in [1.165, 1.54) is 0 Å². The molecule has 37 heavy (non-hydrogen) atoms. The van der Waals surface area contributed by atoms with E-state index < -0.39 is 11.6 Å². The number of carbonyl (C=O) groups is 1. The molecule has 10 nitrogen and oxygen atoms in total. The van der Waals surface area contributed by atoms with E-state index in [0.29, 0.717) is 36.3 Å². The Morgan fingerprint density at radius 2 is 2.11 bits per heavy atom. The third-order valence-electron chi connectivity index (χ3n) is 7.38. The molecule has 2 atom stereocenters. The number of aliphatic hydroxyl groups excluding tert-OH is 1. The zero-order valence-corrected chi connectivity index (χ0v) is 20.6. The molecule has 1 aliphatic carbocycles. The average Bonchev–Trinajstić information content (AvgIpc) is 3.34. The number of hydrogen-bond acceptors (Lipinski definition) is 8. The van der Waals surface area contributed by atoms with Crippen molar-refractivity contribution < 1.29 is 9.90 Å². The van der Waals surface area contributed by atoms with Gasteiger partial charge in [-0.1, -0.05) is 31.2 Å². The predicted molar refractivity (Wildman–Crippen MR) is 142 cm³/mol. The fraction of sp³-hybridized carbons (Fsp3) is 0.333. The van der Waals surface area contributed by atoms with E-state index in [9.17, 15) is 9.90 Å². The second-order valence-corrected chi connectivity index (χ2v) is 9.69. The van der Waals surface area contributed by atoms with Gasteiger partial charge in [0.25, 0.3) is 5.91 Å². The van der Waals surface area contributed by atoms with E-state index in [1.807, 2.05) is 60.4 Å². The van der Waals surface area contributed by atoms with Crippen molar-refractivity contribution in [1.29, 1.82) is 0 Å². The van der Waals surface area contributed by atoms with Crippen molar-refractivity contribution in [3.05, 3.63) is 72.2 Å². The molecule has 0 bridgehead atoms. The molecule has 1 fully saturated rings. The number of amides is 1. The molecule has 1 amide bonds. The summed E-state index contributed by atoms with van der Waals surface area (Å²) in [6.45, 7) is 4.46. The summed E-state index contributed by atoms with van der Waals surface area (Å²) in [5, 5.41) is 28.4. The molecule has 3 aliphatic rings. The van der Waals surface area contributed by atoms with Crippen molar-refractivity contribution >= 4 is 23.4 Å². The van der Waals surface area contributed by atoms with E-state index in [0.717, 1.165) is 41.9 Å². The van der Waals surface area contributed by atoms with Gasteiger partial charge in [-0.15, -0.1) is 0 Å². The molecule has 1 unspecified atom stereocenters. The number of nitrogens with one attached hydrogen (secondary N) is 4. The van der Waals surface area contributed by atoms with E-state index >= 15 is 0 Å². The van der Waals surface area contributed by atoms with Gasteiger partial charge in [-0.3, -0.25) is 9.48 Å². The molecular formula is C27H30N8O2. The summed E-state index contributed by atoms with van der Waals surface area (Å²) in [5.41, 5.74) is 3.50. The molecule has 0 saturated carbocycles. The number of hydrogen-bond donors (Lipinski definition) is 5. The number of benzene rings is 1. The largest absolute Gasteiger partial charge is 0.386 e. The lowest BCUT2D eigenvalue weighted by atomic mass is 9.85. The molecule has 2 aromatic heterocycles. The predicted octanol–water partition coefficient (Wildman–Crippen LogP) is 2.56. The molecule has 1 saturated heterocycles. The van der Waals surface area contributed by atoms with Gasteiger partial charge < -0.3 is 26.4 Å². The molecule has 190 valence electrons. The quantitative estimate of drug-likeness (QED) is 0.336. The van der Waals surface area contributed by atoms with Gasteiger partial charge in [-0.05, 0) is 36.6 Å². The van der Waals surface area contributed by atoms with Gasteiger partial charge in [0.05, 0.1) is 23.9 Å². The average molecular weight is 499 g/mol. The highest BCUT2D eigenvalue weighted by molar-refractivity contribution is 5.97. The SMILES string of the molecule is CC[C@]1(Nc2nc(Nc3ccc4c(c3)CCNC4=O)ncc2-c2cnn(C3CNC3)c2)C=CC=CC1O. The smallest absolute Gasteiger partial charge is 0.251 e. The number of carbonyl (C=O) groups excluding carboxylic acids is 1. The van der Waals surface area contributed by atoms with Crippen LogP contribution in [-0.4, -0.2) is 62.0 Å². The lowest BCUT2D eigenvalue weighted by Gasteiger charge is -2.36. The normalized spacial score (nSPS) is 22.8. The summed E-state index contributed by atoms with van der Waals surface area (Å²) in [5.74, 6) is 0.969. The monoisotopic (exact) mass is 498 g/mol. The Hall–Kier alpha value is -4.02. The minimum Gasteiger partial charge on any atom is -0.386 e.